The first-order valence-corrected chi connectivity index (χ1v) is 10.5. The summed E-state index contributed by atoms with van der Waals surface area (Å²) in [6.45, 7) is 2.01. The van der Waals surface area contributed by atoms with Gasteiger partial charge in [-0.2, -0.15) is 5.10 Å². The second kappa shape index (κ2) is 8.30. The van der Waals surface area contributed by atoms with Crippen LogP contribution in [0.25, 0.3) is 16.8 Å². The monoisotopic (exact) mass is 431 g/mol. The van der Waals surface area contributed by atoms with Gasteiger partial charge in [-0.25, -0.2) is 8.91 Å². The van der Waals surface area contributed by atoms with Crippen LogP contribution in [0.5, 0.6) is 0 Å². The zero-order chi connectivity index (χ0) is 22.1. The summed E-state index contributed by atoms with van der Waals surface area (Å²) < 4.78 is 17.0. The van der Waals surface area contributed by atoms with E-state index >= 15 is 0 Å². The summed E-state index contributed by atoms with van der Waals surface area (Å²) in [5.74, 6) is -0.393. The summed E-state index contributed by atoms with van der Waals surface area (Å²) in [6.07, 6.45) is 3.27. The maximum Gasteiger partial charge on any atom is 0.277 e. The van der Waals surface area contributed by atoms with Crippen molar-refractivity contribution in [2.45, 2.75) is 6.54 Å². The first-order chi connectivity index (χ1) is 15.6. The standard InChI is InChI=1S/C24H22FN5O2/c25-19-8-4-5-9-21(19)27-10-12-28(13-11-27)23(31)17-29-14-15-30-22(24(29)32)16-20(26-30)18-6-2-1-3-7-18/h1-9,14-16H,10-13,17H2. The van der Waals surface area contributed by atoms with Gasteiger partial charge >= 0.3 is 0 Å². The van der Waals surface area contributed by atoms with Crippen LogP contribution in [-0.2, 0) is 11.3 Å². The van der Waals surface area contributed by atoms with Crippen molar-refractivity contribution in [2.24, 2.45) is 0 Å². The third-order valence-electron chi connectivity index (χ3n) is 5.80. The third-order valence-corrected chi connectivity index (χ3v) is 5.80. The lowest BCUT2D eigenvalue weighted by atomic mass is 10.1. The Morgan fingerprint density at radius 1 is 0.938 bits per heavy atom. The fourth-order valence-electron chi connectivity index (χ4n) is 4.05. The van der Waals surface area contributed by atoms with Gasteiger partial charge in [0.15, 0.2) is 0 Å². The van der Waals surface area contributed by atoms with Gasteiger partial charge in [0.2, 0.25) is 5.91 Å². The smallest absolute Gasteiger partial charge is 0.277 e. The van der Waals surface area contributed by atoms with Crippen LogP contribution in [0.15, 0.2) is 77.9 Å². The quantitative estimate of drug-likeness (QED) is 0.499. The van der Waals surface area contributed by atoms with E-state index in [2.05, 4.69) is 5.10 Å². The molecule has 1 amide bonds. The molecular weight excluding hydrogens is 409 g/mol. The molecule has 4 aromatic rings. The van der Waals surface area contributed by atoms with Crippen molar-refractivity contribution in [3.8, 4) is 11.3 Å². The number of hydrogen-bond acceptors (Lipinski definition) is 4. The summed E-state index contributed by atoms with van der Waals surface area (Å²) in [5, 5.41) is 4.47. The van der Waals surface area contributed by atoms with Gasteiger partial charge in [-0.3, -0.25) is 9.59 Å². The molecule has 1 fully saturated rings. The molecule has 1 saturated heterocycles. The molecule has 7 nitrogen and oxygen atoms in total. The first-order valence-electron chi connectivity index (χ1n) is 10.5. The minimum Gasteiger partial charge on any atom is -0.366 e. The van der Waals surface area contributed by atoms with Crippen molar-refractivity contribution < 1.29 is 9.18 Å². The summed E-state index contributed by atoms with van der Waals surface area (Å²) >= 11 is 0. The molecule has 2 aromatic heterocycles. The van der Waals surface area contributed by atoms with E-state index in [0.717, 1.165) is 5.56 Å². The molecule has 0 atom stereocenters. The summed E-state index contributed by atoms with van der Waals surface area (Å²) in [4.78, 5) is 29.5. The molecule has 1 aliphatic rings. The highest BCUT2D eigenvalue weighted by molar-refractivity contribution is 5.76. The molecule has 0 N–H and O–H groups in total. The van der Waals surface area contributed by atoms with Gasteiger partial charge in [-0.05, 0) is 18.2 Å². The zero-order valence-electron chi connectivity index (χ0n) is 17.4. The predicted octanol–water partition coefficient (Wildman–Crippen LogP) is 2.65. The van der Waals surface area contributed by atoms with Gasteiger partial charge in [0.25, 0.3) is 5.56 Å². The number of nitrogens with zero attached hydrogens (tertiary/aromatic N) is 5. The molecule has 0 unspecified atom stereocenters. The molecule has 0 saturated carbocycles. The largest absolute Gasteiger partial charge is 0.366 e. The average Bonchev–Trinajstić information content (AvgIpc) is 3.27. The minimum atomic E-state index is -0.263. The van der Waals surface area contributed by atoms with Crippen molar-refractivity contribution in [1.82, 2.24) is 19.1 Å². The average molecular weight is 431 g/mol. The molecule has 1 aliphatic heterocycles. The number of halogens is 1. The number of amides is 1. The van der Waals surface area contributed by atoms with Crippen LogP contribution in [-0.4, -0.2) is 51.2 Å². The van der Waals surface area contributed by atoms with E-state index in [0.29, 0.717) is 43.1 Å². The van der Waals surface area contributed by atoms with E-state index in [4.69, 9.17) is 0 Å². The van der Waals surface area contributed by atoms with Crippen molar-refractivity contribution in [1.29, 1.82) is 0 Å². The molecule has 5 rings (SSSR count). The van der Waals surface area contributed by atoms with Crippen LogP contribution in [0.1, 0.15) is 0 Å². The van der Waals surface area contributed by atoms with E-state index in [1.807, 2.05) is 35.2 Å². The van der Waals surface area contributed by atoms with E-state index in [1.165, 1.54) is 10.6 Å². The Morgan fingerprint density at radius 3 is 2.41 bits per heavy atom. The minimum absolute atomic E-state index is 0.0408. The van der Waals surface area contributed by atoms with Crippen molar-refractivity contribution in [3.05, 3.63) is 89.2 Å². The number of aromatic nitrogens is 3. The van der Waals surface area contributed by atoms with Gasteiger partial charge in [0.1, 0.15) is 17.9 Å². The molecule has 0 aliphatic carbocycles. The summed E-state index contributed by atoms with van der Waals surface area (Å²) in [7, 11) is 0. The Bertz CT molecular complexity index is 1320. The van der Waals surface area contributed by atoms with Crippen LogP contribution in [0.3, 0.4) is 0 Å². The first kappa shape index (κ1) is 20.0. The molecule has 0 radical (unpaired) electrons. The summed E-state index contributed by atoms with van der Waals surface area (Å²) in [6, 6.07) is 18.0. The molecular formula is C24H22FN5O2. The number of hydrogen-bond donors (Lipinski definition) is 0. The lowest BCUT2D eigenvalue weighted by Gasteiger charge is -2.36. The molecule has 32 heavy (non-hydrogen) atoms. The van der Waals surface area contributed by atoms with Gasteiger partial charge in [-0.15, -0.1) is 0 Å². The van der Waals surface area contributed by atoms with Crippen molar-refractivity contribution in [3.63, 3.8) is 0 Å². The highest BCUT2D eigenvalue weighted by atomic mass is 19.1. The Kier molecular flexibility index (Phi) is 5.18. The van der Waals surface area contributed by atoms with Crippen molar-refractivity contribution >= 4 is 17.1 Å². The fraction of sp³-hybridized carbons (Fsp3) is 0.208. The highest BCUT2D eigenvalue weighted by Gasteiger charge is 2.23. The van der Waals surface area contributed by atoms with Gasteiger partial charge in [0.05, 0.1) is 11.4 Å². The Balaban J connectivity index is 1.29. The second-order valence-corrected chi connectivity index (χ2v) is 7.78. The molecule has 8 heteroatoms. The van der Waals surface area contributed by atoms with E-state index < -0.39 is 0 Å². The predicted molar refractivity (Wildman–Crippen MR) is 120 cm³/mol. The van der Waals surface area contributed by atoms with Gasteiger partial charge in [-0.1, -0.05) is 42.5 Å². The third kappa shape index (κ3) is 3.75. The van der Waals surface area contributed by atoms with Crippen LogP contribution >= 0.6 is 0 Å². The Labute approximate surface area is 183 Å². The van der Waals surface area contributed by atoms with Crippen molar-refractivity contribution in [2.75, 3.05) is 31.1 Å². The number of benzene rings is 2. The van der Waals surface area contributed by atoms with Crippen LogP contribution in [0.4, 0.5) is 10.1 Å². The van der Waals surface area contributed by atoms with Gasteiger partial charge < -0.3 is 14.4 Å². The Morgan fingerprint density at radius 2 is 1.66 bits per heavy atom. The number of carbonyl (C=O) groups is 1. The van der Waals surface area contributed by atoms with E-state index in [1.54, 1.807) is 46.1 Å². The maximum atomic E-state index is 14.0. The number of rotatable bonds is 4. The lowest BCUT2D eigenvalue weighted by Crippen LogP contribution is -2.50. The molecule has 2 aromatic carbocycles. The molecule has 3 heterocycles. The van der Waals surface area contributed by atoms with Crippen LogP contribution in [0, 0.1) is 5.82 Å². The van der Waals surface area contributed by atoms with E-state index in [9.17, 15) is 14.0 Å². The SMILES string of the molecule is O=C(Cn1ccn2nc(-c3ccccc3)cc2c1=O)N1CCN(c2ccccc2F)CC1. The zero-order valence-corrected chi connectivity index (χ0v) is 17.4. The molecule has 0 spiro atoms. The van der Waals surface area contributed by atoms with Gasteiger partial charge in [0, 0.05) is 44.1 Å². The number of piperazine rings is 1. The summed E-state index contributed by atoms with van der Waals surface area (Å²) in [5.41, 5.74) is 2.34. The number of fused-ring (bicyclic) bond motifs is 1. The normalized spacial score (nSPS) is 14.2. The maximum absolute atomic E-state index is 14.0. The fourth-order valence-corrected chi connectivity index (χ4v) is 4.05. The lowest BCUT2D eigenvalue weighted by molar-refractivity contribution is -0.132. The number of para-hydroxylation sites is 1. The van der Waals surface area contributed by atoms with Crippen LogP contribution < -0.4 is 10.5 Å². The second-order valence-electron chi connectivity index (χ2n) is 7.78. The molecule has 162 valence electrons. The van der Waals surface area contributed by atoms with E-state index in [-0.39, 0.29) is 23.8 Å². The topological polar surface area (TPSA) is 62.9 Å². The number of anilines is 1. The number of carbonyl (C=O) groups excluding carboxylic acids is 1. The highest BCUT2D eigenvalue weighted by Crippen LogP contribution is 2.20. The van der Waals surface area contributed by atoms with Crippen LogP contribution in [0.2, 0.25) is 0 Å². The molecule has 0 bridgehead atoms. The Hall–Kier alpha value is -3.94.